The van der Waals surface area contributed by atoms with Crippen LogP contribution in [0.25, 0.3) is 0 Å². The van der Waals surface area contributed by atoms with E-state index in [1.807, 2.05) is 0 Å². The highest BCUT2D eigenvalue weighted by molar-refractivity contribution is 6.04. The van der Waals surface area contributed by atoms with E-state index in [2.05, 4.69) is 9.47 Å². The second kappa shape index (κ2) is 6.93. The predicted octanol–water partition coefficient (Wildman–Crippen LogP) is -0.574. The fourth-order valence-corrected chi connectivity index (χ4v) is 0.511. The number of methoxy groups -OCH3 is 1. The van der Waals surface area contributed by atoms with Crippen molar-refractivity contribution in [3.05, 3.63) is 24.3 Å². The van der Waals surface area contributed by atoms with Crippen LogP contribution in [0.1, 0.15) is 0 Å². The smallest absolute Gasteiger partial charge is 0.338 e. The summed E-state index contributed by atoms with van der Waals surface area (Å²) in [5.41, 5.74) is 0. The molecule has 7 heteroatoms. The van der Waals surface area contributed by atoms with Crippen LogP contribution in [0, 0.1) is 0 Å². The van der Waals surface area contributed by atoms with Crippen LogP contribution in [0.15, 0.2) is 24.3 Å². The second-order valence-electron chi connectivity index (χ2n) is 2.27. The Morgan fingerprint density at radius 3 is 2.00 bits per heavy atom. The van der Waals surface area contributed by atoms with Gasteiger partial charge in [0, 0.05) is 24.3 Å². The van der Waals surface area contributed by atoms with Crippen LogP contribution in [0.2, 0.25) is 0 Å². The van der Waals surface area contributed by atoms with Crippen LogP contribution >= 0.6 is 0 Å². The largest absolute Gasteiger partial charge is 0.478 e. The van der Waals surface area contributed by atoms with Crippen molar-refractivity contribution in [2.45, 2.75) is 0 Å². The topological polar surface area (TPSA) is 107 Å². The molecule has 1 aliphatic rings. The molecular formula is C9H8O7. The molecule has 0 fully saturated rings. The highest BCUT2D eigenvalue weighted by atomic mass is 16.6. The van der Waals surface area contributed by atoms with Gasteiger partial charge < -0.3 is 14.6 Å². The Labute approximate surface area is 89.9 Å². The molecule has 7 nitrogen and oxygen atoms in total. The molecule has 0 aromatic heterocycles. The molecule has 0 atom stereocenters. The van der Waals surface area contributed by atoms with Gasteiger partial charge in [-0.3, -0.25) is 0 Å². The first-order valence-electron chi connectivity index (χ1n) is 3.88. The van der Waals surface area contributed by atoms with Gasteiger partial charge in [0.2, 0.25) is 0 Å². The van der Waals surface area contributed by atoms with Gasteiger partial charge in [-0.2, -0.15) is 0 Å². The number of carbonyl (C=O) groups excluding carboxylic acids is 3. The SMILES string of the molecule is COC(=O)C=CC(=O)O.O=C1C=CC(=O)O1. The Morgan fingerprint density at radius 1 is 1.25 bits per heavy atom. The molecule has 1 N–H and O–H groups in total. The monoisotopic (exact) mass is 228 g/mol. The van der Waals surface area contributed by atoms with Gasteiger partial charge in [0.15, 0.2) is 0 Å². The quantitative estimate of drug-likeness (QED) is 0.383. The number of esters is 3. The third-order valence-corrected chi connectivity index (χ3v) is 1.12. The van der Waals surface area contributed by atoms with E-state index >= 15 is 0 Å². The molecule has 0 aromatic carbocycles. The first kappa shape index (κ1) is 13.6. The van der Waals surface area contributed by atoms with Gasteiger partial charge in [-0.15, -0.1) is 0 Å². The number of carboxylic acid groups (broad SMARTS) is 1. The van der Waals surface area contributed by atoms with Crippen molar-refractivity contribution >= 4 is 23.9 Å². The van der Waals surface area contributed by atoms with Gasteiger partial charge in [0.1, 0.15) is 0 Å². The van der Waals surface area contributed by atoms with E-state index in [0.717, 1.165) is 18.2 Å². The zero-order chi connectivity index (χ0) is 12.6. The van der Waals surface area contributed by atoms with Crippen LogP contribution in [-0.2, 0) is 28.7 Å². The Hall–Kier alpha value is -2.44. The van der Waals surface area contributed by atoms with Crippen molar-refractivity contribution in [3.63, 3.8) is 0 Å². The summed E-state index contributed by atoms with van der Waals surface area (Å²) < 4.78 is 8.08. The normalized spacial score (nSPS) is 13.1. The standard InChI is InChI=1S/C5H6O4.C4H2O3/c1-9-5(8)3-2-4(6)7;5-3-1-2-4(6)7-3/h2-3H,1H3,(H,6,7);1-2H. The molecule has 0 spiro atoms. The highest BCUT2D eigenvalue weighted by Gasteiger charge is 2.10. The van der Waals surface area contributed by atoms with E-state index in [1.54, 1.807) is 0 Å². The van der Waals surface area contributed by atoms with Crippen molar-refractivity contribution in [1.29, 1.82) is 0 Å². The molecule has 0 amide bonds. The minimum absolute atomic E-state index is 0.579. The summed E-state index contributed by atoms with van der Waals surface area (Å²) >= 11 is 0. The summed E-state index contributed by atoms with van der Waals surface area (Å²) in [5, 5.41) is 7.96. The summed E-state index contributed by atoms with van der Waals surface area (Å²) in [6.07, 6.45) is 3.72. The van der Waals surface area contributed by atoms with E-state index in [4.69, 9.17) is 5.11 Å². The fraction of sp³-hybridized carbons (Fsp3) is 0.111. The Morgan fingerprint density at radius 2 is 1.75 bits per heavy atom. The maximum atomic E-state index is 10.1. The summed E-state index contributed by atoms with van der Waals surface area (Å²) in [6.45, 7) is 0. The first-order valence-corrected chi connectivity index (χ1v) is 3.88. The van der Waals surface area contributed by atoms with Crippen molar-refractivity contribution < 1.29 is 33.8 Å². The maximum Gasteiger partial charge on any atom is 0.338 e. The molecule has 0 radical (unpaired) electrons. The third kappa shape index (κ3) is 7.01. The number of rotatable bonds is 2. The summed E-state index contributed by atoms with van der Waals surface area (Å²) in [6, 6.07) is 0. The lowest BCUT2D eigenvalue weighted by Crippen LogP contribution is -1.96. The zero-order valence-corrected chi connectivity index (χ0v) is 8.21. The number of carbonyl (C=O) groups is 4. The molecule has 1 heterocycles. The minimum atomic E-state index is -1.17. The van der Waals surface area contributed by atoms with Gasteiger partial charge in [-0.1, -0.05) is 0 Å². The zero-order valence-electron chi connectivity index (χ0n) is 8.21. The molecule has 16 heavy (non-hydrogen) atoms. The van der Waals surface area contributed by atoms with Crippen LogP contribution < -0.4 is 0 Å². The number of carboxylic acids is 1. The van der Waals surface area contributed by atoms with Crippen molar-refractivity contribution in [3.8, 4) is 0 Å². The van der Waals surface area contributed by atoms with E-state index < -0.39 is 23.9 Å². The molecule has 0 saturated carbocycles. The second-order valence-corrected chi connectivity index (χ2v) is 2.27. The maximum absolute atomic E-state index is 10.1. The molecule has 0 aromatic rings. The first-order chi connectivity index (χ1) is 7.45. The van der Waals surface area contributed by atoms with Gasteiger partial charge >= 0.3 is 23.9 Å². The van der Waals surface area contributed by atoms with Crippen molar-refractivity contribution in [2.75, 3.05) is 7.11 Å². The highest BCUT2D eigenvalue weighted by Crippen LogP contribution is 1.92. The molecule has 0 saturated heterocycles. The average molecular weight is 228 g/mol. The number of aliphatic carboxylic acids is 1. The third-order valence-electron chi connectivity index (χ3n) is 1.12. The molecule has 0 aliphatic carbocycles. The van der Waals surface area contributed by atoms with Gasteiger partial charge in [0.05, 0.1) is 7.11 Å². The number of hydrogen-bond acceptors (Lipinski definition) is 6. The predicted molar refractivity (Wildman–Crippen MR) is 49.0 cm³/mol. The molecule has 0 bridgehead atoms. The van der Waals surface area contributed by atoms with E-state index in [0.29, 0.717) is 6.08 Å². The lowest BCUT2D eigenvalue weighted by molar-refractivity contribution is -0.150. The lowest BCUT2D eigenvalue weighted by Gasteiger charge is -1.85. The molecular weight excluding hydrogens is 220 g/mol. The van der Waals surface area contributed by atoms with Crippen molar-refractivity contribution in [1.82, 2.24) is 0 Å². The lowest BCUT2D eigenvalue weighted by atomic mass is 10.5. The number of cyclic esters (lactones) is 2. The molecule has 0 unspecified atom stereocenters. The van der Waals surface area contributed by atoms with Gasteiger partial charge in [-0.05, 0) is 0 Å². The van der Waals surface area contributed by atoms with Crippen LogP contribution in [0.4, 0.5) is 0 Å². The molecule has 86 valence electrons. The summed E-state index contributed by atoms with van der Waals surface area (Å²) in [5.74, 6) is -2.99. The summed E-state index contributed by atoms with van der Waals surface area (Å²) in [7, 11) is 1.18. The minimum Gasteiger partial charge on any atom is -0.478 e. The molecule has 1 rings (SSSR count). The fourth-order valence-electron chi connectivity index (χ4n) is 0.511. The average Bonchev–Trinajstić information content (AvgIpc) is 2.59. The van der Waals surface area contributed by atoms with E-state index in [9.17, 15) is 19.2 Å². The van der Waals surface area contributed by atoms with Crippen LogP contribution in [0.5, 0.6) is 0 Å². The summed E-state index contributed by atoms with van der Waals surface area (Å²) in [4.78, 5) is 39.7. The van der Waals surface area contributed by atoms with Crippen LogP contribution in [-0.4, -0.2) is 36.1 Å². The number of hydrogen-bond donors (Lipinski definition) is 1. The van der Waals surface area contributed by atoms with E-state index in [1.165, 1.54) is 7.11 Å². The Balaban J connectivity index is 0.000000288. The van der Waals surface area contributed by atoms with Gasteiger partial charge in [-0.25, -0.2) is 19.2 Å². The van der Waals surface area contributed by atoms with Crippen molar-refractivity contribution in [2.24, 2.45) is 0 Å². The van der Waals surface area contributed by atoms with Crippen LogP contribution in [0.3, 0.4) is 0 Å². The molecule has 1 aliphatic heterocycles. The van der Waals surface area contributed by atoms with Gasteiger partial charge in [0.25, 0.3) is 0 Å². The Bertz CT molecular complexity index is 348. The van der Waals surface area contributed by atoms with E-state index in [-0.39, 0.29) is 0 Å². The Kier molecular flexibility index (Phi) is 5.88. The number of ether oxygens (including phenoxy) is 2.